The number of benzene rings is 1. The van der Waals surface area contributed by atoms with Crippen LogP contribution in [0, 0.1) is 5.92 Å². The van der Waals surface area contributed by atoms with Gasteiger partial charge in [0.2, 0.25) is 6.41 Å². The predicted molar refractivity (Wildman–Crippen MR) is 92.1 cm³/mol. The van der Waals surface area contributed by atoms with Crippen LogP contribution in [0.3, 0.4) is 0 Å². The molecule has 5 amide bonds. The summed E-state index contributed by atoms with van der Waals surface area (Å²) in [4.78, 5) is 50.0. The van der Waals surface area contributed by atoms with E-state index >= 15 is 0 Å². The zero-order valence-electron chi connectivity index (χ0n) is 14.3. The molecule has 0 saturated heterocycles. The van der Waals surface area contributed by atoms with E-state index in [4.69, 9.17) is 5.73 Å². The standard InChI is InChI=1S/C17H22N4O4/c1-11(2)9-21-15(23)13-5-4-12(8-14(13)16(21)24)19-17(25)20(10-22)7-3-6-18/h4-5,8,10-11H,3,6-7,9,18H2,1-2H3,(H,19,25). The van der Waals surface area contributed by atoms with Crippen molar-refractivity contribution in [2.75, 3.05) is 25.0 Å². The molecule has 8 nitrogen and oxygen atoms in total. The average molecular weight is 346 g/mol. The van der Waals surface area contributed by atoms with Gasteiger partial charge in [-0.05, 0) is 37.1 Å². The van der Waals surface area contributed by atoms with Crippen LogP contribution in [0.4, 0.5) is 10.5 Å². The maximum absolute atomic E-state index is 12.4. The highest BCUT2D eigenvalue weighted by atomic mass is 16.2. The summed E-state index contributed by atoms with van der Waals surface area (Å²) in [6.45, 7) is 4.75. The molecule has 0 bridgehead atoms. The van der Waals surface area contributed by atoms with Crippen LogP contribution in [-0.4, -0.2) is 53.7 Å². The Hall–Kier alpha value is -2.74. The Morgan fingerprint density at radius 1 is 1.28 bits per heavy atom. The second kappa shape index (κ2) is 7.89. The number of nitrogens with one attached hydrogen (secondary N) is 1. The first-order valence-electron chi connectivity index (χ1n) is 8.12. The molecule has 0 aromatic heterocycles. The minimum Gasteiger partial charge on any atom is -0.330 e. The summed E-state index contributed by atoms with van der Waals surface area (Å²) in [6.07, 6.45) is 0.922. The van der Waals surface area contributed by atoms with Gasteiger partial charge in [-0.15, -0.1) is 0 Å². The molecule has 1 aromatic rings. The van der Waals surface area contributed by atoms with Gasteiger partial charge in [0, 0.05) is 18.8 Å². The molecular formula is C17H22N4O4. The largest absolute Gasteiger partial charge is 0.330 e. The van der Waals surface area contributed by atoms with Crippen molar-refractivity contribution in [1.82, 2.24) is 9.80 Å². The molecule has 0 saturated carbocycles. The van der Waals surface area contributed by atoms with Gasteiger partial charge in [0.1, 0.15) is 0 Å². The Morgan fingerprint density at radius 3 is 2.56 bits per heavy atom. The monoisotopic (exact) mass is 346 g/mol. The summed E-state index contributed by atoms with van der Waals surface area (Å²) >= 11 is 0. The van der Waals surface area contributed by atoms with Crippen LogP contribution in [0.5, 0.6) is 0 Å². The van der Waals surface area contributed by atoms with E-state index in [1.165, 1.54) is 23.1 Å². The van der Waals surface area contributed by atoms with Crippen molar-refractivity contribution in [3.05, 3.63) is 29.3 Å². The van der Waals surface area contributed by atoms with Crippen molar-refractivity contribution in [3.63, 3.8) is 0 Å². The number of rotatable bonds is 7. The van der Waals surface area contributed by atoms with E-state index in [9.17, 15) is 19.2 Å². The van der Waals surface area contributed by atoms with Crippen LogP contribution in [0.15, 0.2) is 18.2 Å². The molecule has 134 valence electrons. The second-order valence-electron chi connectivity index (χ2n) is 6.25. The van der Waals surface area contributed by atoms with Crippen molar-refractivity contribution in [1.29, 1.82) is 0 Å². The summed E-state index contributed by atoms with van der Waals surface area (Å²) in [6, 6.07) is 3.89. The molecular weight excluding hydrogens is 324 g/mol. The van der Waals surface area contributed by atoms with E-state index in [-0.39, 0.29) is 29.8 Å². The minimum atomic E-state index is -0.612. The van der Waals surface area contributed by atoms with Gasteiger partial charge < -0.3 is 11.1 Å². The molecule has 1 aromatic carbocycles. The number of hydrogen-bond acceptors (Lipinski definition) is 5. The highest BCUT2D eigenvalue weighted by Crippen LogP contribution is 2.26. The van der Waals surface area contributed by atoms with Crippen molar-refractivity contribution < 1.29 is 19.2 Å². The number of urea groups is 1. The molecule has 0 spiro atoms. The molecule has 0 atom stereocenters. The number of imide groups is 2. The molecule has 1 heterocycles. The first-order valence-corrected chi connectivity index (χ1v) is 8.12. The highest BCUT2D eigenvalue weighted by molar-refractivity contribution is 6.21. The van der Waals surface area contributed by atoms with E-state index in [1.807, 2.05) is 13.8 Å². The Morgan fingerprint density at radius 2 is 1.96 bits per heavy atom. The Balaban J connectivity index is 2.16. The number of anilines is 1. The van der Waals surface area contributed by atoms with Gasteiger partial charge in [0.05, 0.1) is 11.1 Å². The van der Waals surface area contributed by atoms with Crippen LogP contribution in [0.2, 0.25) is 0 Å². The normalized spacial score (nSPS) is 13.2. The molecule has 8 heteroatoms. The summed E-state index contributed by atoms with van der Waals surface area (Å²) in [5.41, 5.74) is 6.29. The number of amides is 5. The van der Waals surface area contributed by atoms with Crippen LogP contribution in [0.1, 0.15) is 41.0 Å². The van der Waals surface area contributed by atoms with Crippen LogP contribution in [0.25, 0.3) is 0 Å². The maximum atomic E-state index is 12.4. The predicted octanol–water partition coefficient (Wildman–Crippen LogP) is 1.28. The van der Waals surface area contributed by atoms with Gasteiger partial charge in [0.15, 0.2) is 0 Å². The fourth-order valence-corrected chi connectivity index (χ4v) is 2.56. The number of carbonyl (C=O) groups is 4. The topological polar surface area (TPSA) is 113 Å². The number of hydrogen-bond donors (Lipinski definition) is 2. The van der Waals surface area contributed by atoms with Gasteiger partial charge in [-0.1, -0.05) is 13.8 Å². The Kier molecular flexibility index (Phi) is 5.87. The van der Waals surface area contributed by atoms with Gasteiger partial charge in [-0.3, -0.25) is 24.2 Å². The number of nitrogens with two attached hydrogens (primary N) is 1. The molecule has 0 unspecified atom stereocenters. The summed E-state index contributed by atoms with van der Waals surface area (Å²) in [7, 11) is 0. The van der Waals surface area contributed by atoms with Gasteiger partial charge in [0.25, 0.3) is 11.8 Å². The molecule has 0 aliphatic carbocycles. The molecule has 2 rings (SSSR count). The van der Waals surface area contributed by atoms with Gasteiger partial charge in [-0.25, -0.2) is 4.79 Å². The smallest absolute Gasteiger partial charge is 0.328 e. The highest BCUT2D eigenvalue weighted by Gasteiger charge is 2.35. The lowest BCUT2D eigenvalue weighted by Gasteiger charge is -2.16. The molecule has 1 aliphatic rings. The summed E-state index contributed by atoms with van der Waals surface area (Å²) < 4.78 is 0. The fourth-order valence-electron chi connectivity index (χ4n) is 2.56. The third-order valence-corrected chi connectivity index (χ3v) is 3.76. The zero-order valence-corrected chi connectivity index (χ0v) is 14.3. The summed E-state index contributed by atoms with van der Waals surface area (Å²) in [5.74, 6) is -0.547. The molecule has 25 heavy (non-hydrogen) atoms. The van der Waals surface area contributed by atoms with E-state index < -0.39 is 6.03 Å². The lowest BCUT2D eigenvalue weighted by molar-refractivity contribution is -0.115. The zero-order chi connectivity index (χ0) is 18.6. The summed E-state index contributed by atoms with van der Waals surface area (Å²) in [5, 5.41) is 2.56. The molecule has 0 fully saturated rings. The number of fused-ring (bicyclic) bond motifs is 1. The lowest BCUT2D eigenvalue weighted by Crippen LogP contribution is -2.35. The molecule has 0 radical (unpaired) electrons. The first-order chi connectivity index (χ1) is 11.9. The third kappa shape index (κ3) is 4.03. The third-order valence-electron chi connectivity index (χ3n) is 3.76. The number of carbonyl (C=O) groups excluding carboxylic acids is 4. The van der Waals surface area contributed by atoms with Crippen LogP contribution >= 0.6 is 0 Å². The second-order valence-corrected chi connectivity index (χ2v) is 6.25. The average Bonchev–Trinajstić information content (AvgIpc) is 2.80. The van der Waals surface area contributed by atoms with Crippen LogP contribution in [-0.2, 0) is 4.79 Å². The van der Waals surface area contributed by atoms with E-state index in [1.54, 1.807) is 0 Å². The maximum Gasteiger partial charge on any atom is 0.328 e. The molecule has 3 N–H and O–H groups in total. The van der Waals surface area contributed by atoms with Gasteiger partial charge in [-0.2, -0.15) is 0 Å². The van der Waals surface area contributed by atoms with Crippen molar-refractivity contribution >= 4 is 29.9 Å². The van der Waals surface area contributed by atoms with E-state index in [0.29, 0.717) is 37.2 Å². The Labute approximate surface area is 145 Å². The first kappa shape index (κ1) is 18.6. The van der Waals surface area contributed by atoms with Crippen molar-refractivity contribution in [2.24, 2.45) is 11.7 Å². The van der Waals surface area contributed by atoms with Crippen molar-refractivity contribution in [3.8, 4) is 0 Å². The Bertz CT molecular complexity index is 702. The van der Waals surface area contributed by atoms with E-state index in [2.05, 4.69) is 5.32 Å². The lowest BCUT2D eigenvalue weighted by atomic mass is 10.1. The van der Waals surface area contributed by atoms with Gasteiger partial charge >= 0.3 is 6.03 Å². The number of nitrogens with zero attached hydrogens (tertiary/aromatic N) is 2. The van der Waals surface area contributed by atoms with E-state index in [0.717, 1.165) is 4.90 Å². The fraction of sp³-hybridized carbons (Fsp3) is 0.412. The molecule has 1 aliphatic heterocycles. The quantitative estimate of drug-likeness (QED) is 0.570. The van der Waals surface area contributed by atoms with Crippen molar-refractivity contribution in [2.45, 2.75) is 20.3 Å². The SMILES string of the molecule is CC(C)CN1C(=O)c2ccc(NC(=O)N(C=O)CCCN)cc2C1=O. The van der Waals surface area contributed by atoms with Crippen LogP contribution < -0.4 is 11.1 Å². The minimum absolute atomic E-state index is 0.157.